The Morgan fingerprint density at radius 2 is 1.76 bits per heavy atom. The van der Waals surface area contributed by atoms with Crippen LogP contribution in [0.1, 0.15) is 24.9 Å². The molecule has 2 rings (SSSR count). The van der Waals surface area contributed by atoms with Crippen LogP contribution in [0.2, 0.25) is 0 Å². The third-order valence-electron chi connectivity index (χ3n) is 3.64. The standard InChI is InChI=1S/C18H21N3/c1-15(20-2)17-11-6-7-12-18(17)21(14-8-13-19)16-9-4-3-5-10-16/h3-7,9-12,15,20H,8,14H2,1-2H3. The summed E-state index contributed by atoms with van der Waals surface area (Å²) in [5.41, 5.74) is 3.51. The van der Waals surface area contributed by atoms with Gasteiger partial charge in [0.1, 0.15) is 0 Å². The van der Waals surface area contributed by atoms with Crippen molar-refractivity contribution < 1.29 is 0 Å². The van der Waals surface area contributed by atoms with Crippen LogP contribution in [0.3, 0.4) is 0 Å². The Morgan fingerprint density at radius 1 is 1.10 bits per heavy atom. The zero-order chi connectivity index (χ0) is 15.1. The van der Waals surface area contributed by atoms with E-state index in [4.69, 9.17) is 5.26 Å². The van der Waals surface area contributed by atoms with Crippen LogP contribution in [0.5, 0.6) is 0 Å². The second kappa shape index (κ2) is 7.47. The first-order chi connectivity index (χ1) is 10.3. The van der Waals surface area contributed by atoms with Gasteiger partial charge in [-0.25, -0.2) is 0 Å². The topological polar surface area (TPSA) is 39.1 Å². The molecule has 0 radical (unpaired) electrons. The van der Waals surface area contributed by atoms with Gasteiger partial charge >= 0.3 is 0 Å². The first kappa shape index (κ1) is 15.1. The molecule has 0 spiro atoms. The van der Waals surface area contributed by atoms with Gasteiger partial charge in [0.25, 0.3) is 0 Å². The lowest BCUT2D eigenvalue weighted by atomic mass is 10.0. The summed E-state index contributed by atoms with van der Waals surface area (Å²) >= 11 is 0. The zero-order valence-corrected chi connectivity index (χ0v) is 12.6. The molecule has 3 heteroatoms. The van der Waals surface area contributed by atoms with Gasteiger partial charge in [-0.3, -0.25) is 0 Å². The minimum Gasteiger partial charge on any atom is -0.340 e. The van der Waals surface area contributed by atoms with Crippen LogP contribution in [-0.2, 0) is 0 Å². The predicted molar refractivity (Wildman–Crippen MR) is 87.6 cm³/mol. The maximum atomic E-state index is 8.94. The zero-order valence-electron chi connectivity index (χ0n) is 12.6. The van der Waals surface area contributed by atoms with Crippen LogP contribution in [0.25, 0.3) is 0 Å². The van der Waals surface area contributed by atoms with E-state index in [1.165, 1.54) is 5.56 Å². The van der Waals surface area contributed by atoms with E-state index in [1.54, 1.807) is 0 Å². The average molecular weight is 279 g/mol. The number of hydrogen-bond donors (Lipinski definition) is 1. The van der Waals surface area contributed by atoms with Crippen molar-refractivity contribution in [2.75, 3.05) is 18.5 Å². The van der Waals surface area contributed by atoms with E-state index in [9.17, 15) is 0 Å². The van der Waals surface area contributed by atoms with Gasteiger partial charge in [0.15, 0.2) is 0 Å². The molecule has 108 valence electrons. The smallest absolute Gasteiger partial charge is 0.0640 e. The summed E-state index contributed by atoms with van der Waals surface area (Å²) in [6.45, 7) is 2.83. The first-order valence-corrected chi connectivity index (χ1v) is 7.23. The Kier molecular flexibility index (Phi) is 5.36. The van der Waals surface area contributed by atoms with Crippen LogP contribution >= 0.6 is 0 Å². The van der Waals surface area contributed by atoms with Crippen LogP contribution in [0.15, 0.2) is 54.6 Å². The molecule has 0 aliphatic rings. The van der Waals surface area contributed by atoms with Crippen molar-refractivity contribution in [3.63, 3.8) is 0 Å². The molecule has 2 aromatic carbocycles. The molecule has 0 saturated carbocycles. The third-order valence-corrected chi connectivity index (χ3v) is 3.64. The molecule has 1 atom stereocenters. The highest BCUT2D eigenvalue weighted by Gasteiger charge is 2.15. The van der Waals surface area contributed by atoms with E-state index in [-0.39, 0.29) is 6.04 Å². The van der Waals surface area contributed by atoms with E-state index in [2.05, 4.69) is 53.5 Å². The number of nitriles is 1. The lowest BCUT2D eigenvalue weighted by molar-refractivity contribution is 0.651. The SMILES string of the molecule is CNC(C)c1ccccc1N(CCC#N)c1ccccc1. The summed E-state index contributed by atoms with van der Waals surface area (Å²) < 4.78 is 0. The quantitative estimate of drug-likeness (QED) is 0.868. The molecule has 1 unspecified atom stereocenters. The first-order valence-electron chi connectivity index (χ1n) is 7.23. The molecular formula is C18H21N3. The number of rotatable bonds is 6. The molecule has 0 fully saturated rings. The van der Waals surface area contributed by atoms with Gasteiger partial charge < -0.3 is 10.2 Å². The van der Waals surface area contributed by atoms with Crippen molar-refractivity contribution in [1.29, 1.82) is 5.26 Å². The highest BCUT2D eigenvalue weighted by molar-refractivity contribution is 5.67. The molecule has 0 bridgehead atoms. The molecule has 0 aliphatic heterocycles. The summed E-state index contributed by atoms with van der Waals surface area (Å²) in [6, 6.07) is 21.1. The average Bonchev–Trinajstić information content (AvgIpc) is 2.56. The summed E-state index contributed by atoms with van der Waals surface area (Å²) in [4.78, 5) is 2.21. The van der Waals surface area contributed by atoms with Crippen LogP contribution in [0.4, 0.5) is 11.4 Å². The molecule has 0 saturated heterocycles. The number of nitrogens with zero attached hydrogens (tertiary/aromatic N) is 2. The Balaban J connectivity index is 2.45. The fourth-order valence-corrected chi connectivity index (χ4v) is 2.41. The fraction of sp³-hybridized carbons (Fsp3) is 0.278. The molecule has 3 nitrogen and oxygen atoms in total. The Labute approximate surface area is 126 Å². The lowest BCUT2D eigenvalue weighted by Crippen LogP contribution is -2.22. The van der Waals surface area contributed by atoms with Crippen molar-refractivity contribution in [2.45, 2.75) is 19.4 Å². The highest BCUT2D eigenvalue weighted by atomic mass is 15.1. The predicted octanol–water partition coefficient (Wildman–Crippen LogP) is 4.02. The van der Waals surface area contributed by atoms with Crippen molar-refractivity contribution in [2.24, 2.45) is 0 Å². The third kappa shape index (κ3) is 3.62. The van der Waals surface area contributed by atoms with Crippen LogP contribution in [0, 0.1) is 11.3 Å². The van der Waals surface area contributed by atoms with Crippen molar-refractivity contribution in [1.82, 2.24) is 5.32 Å². The molecular weight excluding hydrogens is 258 g/mol. The van der Waals surface area contributed by atoms with E-state index in [1.807, 2.05) is 31.3 Å². The number of anilines is 2. The molecule has 0 aliphatic carbocycles. The molecule has 0 amide bonds. The second-order valence-corrected chi connectivity index (χ2v) is 4.96. The van der Waals surface area contributed by atoms with E-state index < -0.39 is 0 Å². The Hall–Kier alpha value is -2.31. The number of para-hydroxylation sites is 2. The van der Waals surface area contributed by atoms with Gasteiger partial charge in [0, 0.05) is 24.0 Å². The van der Waals surface area contributed by atoms with E-state index >= 15 is 0 Å². The van der Waals surface area contributed by atoms with Crippen molar-refractivity contribution in [3.05, 3.63) is 60.2 Å². The molecule has 0 aromatic heterocycles. The normalized spacial score (nSPS) is 11.7. The summed E-state index contributed by atoms with van der Waals surface area (Å²) in [5, 5.41) is 12.2. The molecule has 0 heterocycles. The van der Waals surface area contributed by atoms with E-state index in [0.717, 1.165) is 11.4 Å². The lowest BCUT2D eigenvalue weighted by Gasteiger charge is -2.28. The second-order valence-electron chi connectivity index (χ2n) is 4.96. The maximum Gasteiger partial charge on any atom is 0.0640 e. The van der Waals surface area contributed by atoms with Crippen molar-refractivity contribution in [3.8, 4) is 6.07 Å². The number of nitrogens with one attached hydrogen (secondary N) is 1. The summed E-state index contributed by atoms with van der Waals surface area (Å²) in [7, 11) is 1.96. The maximum absolute atomic E-state index is 8.94. The van der Waals surface area contributed by atoms with Crippen LogP contribution < -0.4 is 10.2 Å². The van der Waals surface area contributed by atoms with Crippen LogP contribution in [-0.4, -0.2) is 13.6 Å². The number of hydrogen-bond acceptors (Lipinski definition) is 3. The number of benzene rings is 2. The molecule has 2 aromatic rings. The van der Waals surface area contributed by atoms with Gasteiger partial charge in [-0.15, -0.1) is 0 Å². The largest absolute Gasteiger partial charge is 0.340 e. The minimum absolute atomic E-state index is 0.259. The molecule has 1 N–H and O–H groups in total. The fourth-order valence-electron chi connectivity index (χ4n) is 2.41. The van der Waals surface area contributed by atoms with Gasteiger partial charge in [0.05, 0.1) is 12.5 Å². The minimum atomic E-state index is 0.259. The van der Waals surface area contributed by atoms with Gasteiger partial charge in [-0.1, -0.05) is 36.4 Å². The Bertz CT molecular complexity index is 601. The van der Waals surface area contributed by atoms with E-state index in [0.29, 0.717) is 13.0 Å². The van der Waals surface area contributed by atoms with Crippen molar-refractivity contribution >= 4 is 11.4 Å². The van der Waals surface area contributed by atoms with Gasteiger partial charge in [-0.2, -0.15) is 5.26 Å². The van der Waals surface area contributed by atoms with Gasteiger partial charge in [-0.05, 0) is 37.7 Å². The van der Waals surface area contributed by atoms with Gasteiger partial charge in [0.2, 0.25) is 0 Å². The summed E-state index contributed by atoms with van der Waals surface area (Å²) in [5.74, 6) is 0. The molecule has 21 heavy (non-hydrogen) atoms. The Morgan fingerprint density at radius 3 is 2.43 bits per heavy atom. The summed E-state index contributed by atoms with van der Waals surface area (Å²) in [6.07, 6.45) is 0.497. The monoisotopic (exact) mass is 279 g/mol. The highest BCUT2D eigenvalue weighted by Crippen LogP contribution is 2.31.